The van der Waals surface area contributed by atoms with Crippen LogP contribution in [0.1, 0.15) is 53.9 Å². The van der Waals surface area contributed by atoms with Crippen LogP contribution in [0.3, 0.4) is 0 Å². The molecule has 2 N–H and O–H groups in total. The van der Waals surface area contributed by atoms with Crippen LogP contribution in [0.25, 0.3) is 0 Å². The fourth-order valence-electron chi connectivity index (χ4n) is 5.33. The van der Waals surface area contributed by atoms with Gasteiger partial charge >= 0.3 is 0 Å². The van der Waals surface area contributed by atoms with Gasteiger partial charge in [-0.2, -0.15) is 0 Å². The Labute approximate surface area is 220 Å². The number of aryl methyl sites for hydroxylation is 2. The van der Waals surface area contributed by atoms with E-state index in [-0.39, 0.29) is 17.4 Å². The van der Waals surface area contributed by atoms with Crippen LogP contribution in [0.15, 0.2) is 60.4 Å². The van der Waals surface area contributed by atoms with Gasteiger partial charge in [-0.05, 0) is 79.0 Å². The SMILES string of the molecule is C=C1CCC(N2C(=O)C=C(Nc3ccc4c(c3)C(CC(=O)Cc3ccc(C)c(Cl)c3)CC4)C2=O)C(=O)N1. The molecule has 3 aliphatic rings. The van der Waals surface area contributed by atoms with Crippen LogP contribution in [0.5, 0.6) is 0 Å². The first kappa shape index (κ1) is 25.0. The molecule has 2 aromatic rings. The molecule has 0 radical (unpaired) electrons. The zero-order chi connectivity index (χ0) is 26.3. The predicted molar refractivity (Wildman–Crippen MR) is 141 cm³/mol. The normalized spacial score (nSPS) is 21.1. The number of fused-ring (bicyclic) bond motifs is 1. The third kappa shape index (κ3) is 5.09. The topological polar surface area (TPSA) is 95.6 Å². The minimum atomic E-state index is -0.847. The van der Waals surface area contributed by atoms with Crippen LogP contribution in [0.4, 0.5) is 5.69 Å². The van der Waals surface area contributed by atoms with Gasteiger partial charge in [0.1, 0.15) is 17.5 Å². The first-order chi connectivity index (χ1) is 17.7. The average molecular weight is 518 g/mol. The van der Waals surface area contributed by atoms with Gasteiger partial charge in [0.25, 0.3) is 11.8 Å². The maximum absolute atomic E-state index is 13.0. The number of amides is 3. The van der Waals surface area contributed by atoms with E-state index in [0.29, 0.717) is 42.1 Å². The summed E-state index contributed by atoms with van der Waals surface area (Å²) < 4.78 is 0. The molecule has 2 aromatic carbocycles. The number of piperidine rings is 1. The molecule has 1 saturated heterocycles. The number of ketones is 1. The lowest BCUT2D eigenvalue weighted by atomic mass is 9.93. The lowest BCUT2D eigenvalue weighted by Crippen LogP contribution is -2.52. The molecule has 5 rings (SSSR count). The van der Waals surface area contributed by atoms with Crippen LogP contribution in [0.2, 0.25) is 5.02 Å². The second-order valence-corrected chi connectivity index (χ2v) is 10.4. The first-order valence-corrected chi connectivity index (χ1v) is 12.8. The predicted octanol–water partition coefficient (Wildman–Crippen LogP) is 4.34. The highest BCUT2D eigenvalue weighted by Crippen LogP contribution is 2.38. The molecule has 0 aromatic heterocycles. The molecule has 0 saturated carbocycles. The van der Waals surface area contributed by atoms with Crippen LogP contribution in [0, 0.1) is 6.92 Å². The summed E-state index contributed by atoms with van der Waals surface area (Å²) >= 11 is 6.21. The number of rotatable bonds is 7. The molecule has 1 fully saturated rings. The van der Waals surface area contributed by atoms with E-state index in [9.17, 15) is 19.2 Å². The van der Waals surface area contributed by atoms with Crippen LogP contribution in [-0.4, -0.2) is 34.4 Å². The van der Waals surface area contributed by atoms with Crippen LogP contribution in [-0.2, 0) is 32.0 Å². The van der Waals surface area contributed by atoms with Crippen molar-refractivity contribution in [2.45, 2.75) is 57.4 Å². The summed E-state index contributed by atoms with van der Waals surface area (Å²) in [6.45, 7) is 5.67. The van der Waals surface area contributed by atoms with Gasteiger partial charge in [0, 0.05) is 35.3 Å². The van der Waals surface area contributed by atoms with Gasteiger partial charge in [0.15, 0.2) is 0 Å². The van der Waals surface area contributed by atoms with Crippen molar-refractivity contribution in [2.75, 3.05) is 5.32 Å². The smallest absolute Gasteiger partial charge is 0.278 e. The highest BCUT2D eigenvalue weighted by molar-refractivity contribution is 6.31. The zero-order valence-corrected chi connectivity index (χ0v) is 21.4. The summed E-state index contributed by atoms with van der Waals surface area (Å²) in [7, 11) is 0. The molecule has 0 bridgehead atoms. The van der Waals surface area contributed by atoms with E-state index in [1.165, 1.54) is 11.6 Å². The average Bonchev–Trinajstić information content (AvgIpc) is 3.36. The molecule has 8 heteroatoms. The monoisotopic (exact) mass is 517 g/mol. The highest BCUT2D eigenvalue weighted by Gasteiger charge is 2.41. The Bertz CT molecular complexity index is 1380. The number of anilines is 1. The van der Waals surface area contributed by atoms with E-state index < -0.39 is 23.8 Å². The van der Waals surface area contributed by atoms with E-state index in [0.717, 1.165) is 34.4 Å². The van der Waals surface area contributed by atoms with Gasteiger partial charge in [0.05, 0.1) is 0 Å². The van der Waals surface area contributed by atoms with Crippen molar-refractivity contribution >= 4 is 40.8 Å². The second-order valence-electron chi connectivity index (χ2n) is 10.00. The molecule has 37 heavy (non-hydrogen) atoms. The Morgan fingerprint density at radius 1 is 1.14 bits per heavy atom. The number of carbonyl (C=O) groups excluding carboxylic acids is 4. The minimum Gasteiger partial charge on any atom is -0.351 e. The van der Waals surface area contributed by atoms with Gasteiger partial charge in [0.2, 0.25) is 5.91 Å². The minimum absolute atomic E-state index is 0.0931. The second kappa shape index (κ2) is 9.98. The molecule has 2 unspecified atom stereocenters. The van der Waals surface area contributed by atoms with Gasteiger partial charge < -0.3 is 10.6 Å². The van der Waals surface area contributed by atoms with Crippen molar-refractivity contribution in [1.29, 1.82) is 0 Å². The number of Topliss-reactive ketones (excluding diaryl/α,β-unsaturated/α-hetero) is 1. The molecule has 2 atom stereocenters. The Morgan fingerprint density at radius 3 is 2.70 bits per heavy atom. The fourth-order valence-corrected chi connectivity index (χ4v) is 5.54. The van der Waals surface area contributed by atoms with E-state index in [4.69, 9.17) is 11.6 Å². The van der Waals surface area contributed by atoms with Gasteiger partial charge in [-0.15, -0.1) is 0 Å². The van der Waals surface area contributed by atoms with E-state index in [2.05, 4.69) is 17.2 Å². The molecule has 2 heterocycles. The molecule has 190 valence electrons. The molecule has 3 amide bonds. The summed E-state index contributed by atoms with van der Waals surface area (Å²) in [5.74, 6) is -1.19. The number of nitrogens with zero attached hydrogens (tertiary/aromatic N) is 1. The van der Waals surface area contributed by atoms with Crippen molar-refractivity contribution in [3.8, 4) is 0 Å². The number of imide groups is 1. The van der Waals surface area contributed by atoms with Crippen LogP contribution < -0.4 is 10.6 Å². The van der Waals surface area contributed by atoms with E-state index >= 15 is 0 Å². The highest BCUT2D eigenvalue weighted by atomic mass is 35.5. The number of hydrogen-bond acceptors (Lipinski definition) is 5. The van der Waals surface area contributed by atoms with Crippen molar-refractivity contribution < 1.29 is 19.2 Å². The van der Waals surface area contributed by atoms with Crippen molar-refractivity contribution in [2.24, 2.45) is 0 Å². The molecular formula is C29H28ClN3O4. The van der Waals surface area contributed by atoms with E-state index in [1.54, 1.807) is 0 Å². The third-order valence-corrected chi connectivity index (χ3v) is 7.73. The summed E-state index contributed by atoms with van der Waals surface area (Å²) in [5.41, 5.74) is 5.54. The largest absolute Gasteiger partial charge is 0.351 e. The van der Waals surface area contributed by atoms with Crippen LogP contribution >= 0.6 is 11.6 Å². The van der Waals surface area contributed by atoms with Crippen molar-refractivity contribution in [1.82, 2.24) is 10.2 Å². The van der Waals surface area contributed by atoms with Crippen molar-refractivity contribution in [3.05, 3.63) is 87.7 Å². The Kier molecular flexibility index (Phi) is 6.73. The summed E-state index contributed by atoms with van der Waals surface area (Å²) in [6.07, 6.45) is 4.64. The lowest BCUT2D eigenvalue weighted by molar-refractivity contribution is -0.146. The molecule has 7 nitrogen and oxygen atoms in total. The number of allylic oxidation sites excluding steroid dienone is 1. The van der Waals surface area contributed by atoms with Gasteiger partial charge in [-0.1, -0.05) is 36.4 Å². The first-order valence-electron chi connectivity index (χ1n) is 12.4. The Hall–Kier alpha value is -3.71. The number of benzene rings is 2. The number of hydrogen-bond donors (Lipinski definition) is 2. The molecule has 2 aliphatic heterocycles. The van der Waals surface area contributed by atoms with Gasteiger partial charge in [-0.25, -0.2) is 0 Å². The molecule has 1 aliphatic carbocycles. The van der Waals surface area contributed by atoms with Gasteiger partial charge in [-0.3, -0.25) is 24.1 Å². The van der Waals surface area contributed by atoms with E-state index in [1.807, 2.05) is 43.3 Å². The number of nitrogens with one attached hydrogen (secondary N) is 2. The summed E-state index contributed by atoms with van der Waals surface area (Å²) in [4.78, 5) is 51.8. The lowest BCUT2D eigenvalue weighted by Gasteiger charge is -2.29. The maximum Gasteiger partial charge on any atom is 0.278 e. The summed E-state index contributed by atoms with van der Waals surface area (Å²) in [5, 5.41) is 6.35. The fraction of sp³-hybridized carbons (Fsp3) is 0.310. The summed E-state index contributed by atoms with van der Waals surface area (Å²) in [6, 6.07) is 10.7. The molecule has 0 spiro atoms. The molecular weight excluding hydrogens is 490 g/mol. The standard InChI is InChI=1S/C29H28ClN3O4/c1-16-3-5-18(12-24(16)30)11-22(34)13-20-7-6-19-8-9-21(14-23(19)20)32-25-15-27(35)33(29(25)37)26-10-4-17(2)31-28(26)36/h3,5,8-9,12,14-15,20,26,32H,2,4,6-7,10-11,13H2,1H3,(H,31,36). The number of halogens is 1. The number of carbonyl (C=O) groups is 4. The quantitative estimate of drug-likeness (QED) is 0.533. The Balaban J connectivity index is 1.26. The third-order valence-electron chi connectivity index (χ3n) is 7.33. The van der Waals surface area contributed by atoms with Crippen molar-refractivity contribution in [3.63, 3.8) is 0 Å². The Morgan fingerprint density at radius 2 is 1.95 bits per heavy atom. The maximum atomic E-state index is 13.0. The zero-order valence-electron chi connectivity index (χ0n) is 20.6.